The van der Waals surface area contributed by atoms with E-state index in [9.17, 15) is 0 Å². The summed E-state index contributed by atoms with van der Waals surface area (Å²) in [5.41, 5.74) is 5.55. The molecule has 2 aromatic rings. The zero-order valence-electron chi connectivity index (χ0n) is 22.1. The lowest BCUT2D eigenvalue weighted by molar-refractivity contribution is -0.0756. The lowest BCUT2D eigenvalue weighted by atomic mass is 9.84. The molecule has 0 bridgehead atoms. The van der Waals surface area contributed by atoms with Crippen LogP contribution in [0.2, 0.25) is 0 Å². The fraction of sp³-hybridized carbons (Fsp3) is 0.600. The first-order valence-electron chi connectivity index (χ1n) is 13.7. The Hall–Kier alpha value is -1.83. The van der Waals surface area contributed by atoms with Crippen LogP contribution in [0.3, 0.4) is 0 Å². The van der Waals surface area contributed by atoms with Crippen molar-refractivity contribution in [2.45, 2.75) is 62.8 Å². The predicted molar refractivity (Wildman–Crippen MR) is 147 cm³/mol. The molecular weight excluding hydrogens is 488 g/mol. The highest BCUT2D eigenvalue weighted by molar-refractivity contribution is 5.85. The van der Waals surface area contributed by atoms with E-state index in [2.05, 4.69) is 40.5 Å². The molecule has 5 aliphatic rings. The molecule has 7 rings (SSSR count). The van der Waals surface area contributed by atoms with Gasteiger partial charge in [-0.15, -0.1) is 12.4 Å². The van der Waals surface area contributed by atoms with Gasteiger partial charge in [-0.3, -0.25) is 4.90 Å². The quantitative estimate of drug-likeness (QED) is 0.650. The van der Waals surface area contributed by atoms with E-state index in [1.54, 1.807) is 14.2 Å². The van der Waals surface area contributed by atoms with Crippen LogP contribution in [0.4, 0.5) is 0 Å². The van der Waals surface area contributed by atoms with Crippen LogP contribution >= 0.6 is 12.4 Å². The summed E-state index contributed by atoms with van der Waals surface area (Å²) in [4.78, 5) is 2.69. The van der Waals surface area contributed by atoms with Crippen LogP contribution in [0, 0.1) is 5.92 Å². The summed E-state index contributed by atoms with van der Waals surface area (Å²) in [6.07, 6.45) is 7.67. The molecule has 3 fully saturated rings. The highest BCUT2D eigenvalue weighted by Crippen LogP contribution is 2.37. The number of nitrogens with zero attached hydrogens (tertiary/aromatic N) is 1. The molecule has 2 saturated heterocycles. The number of ether oxygens (including phenoxy) is 4. The number of nitrogens with one attached hydrogen (secondary N) is 1. The second kappa shape index (κ2) is 11.9. The number of benzene rings is 2. The van der Waals surface area contributed by atoms with Crippen molar-refractivity contribution in [3.63, 3.8) is 0 Å². The van der Waals surface area contributed by atoms with E-state index < -0.39 is 0 Å². The van der Waals surface area contributed by atoms with E-state index in [4.69, 9.17) is 18.9 Å². The van der Waals surface area contributed by atoms with Gasteiger partial charge in [0.25, 0.3) is 0 Å². The number of hydrogen-bond donors (Lipinski definition) is 1. The summed E-state index contributed by atoms with van der Waals surface area (Å²) in [7, 11) is 3.50. The second-order valence-corrected chi connectivity index (χ2v) is 10.9. The van der Waals surface area contributed by atoms with Crippen LogP contribution in [0.5, 0.6) is 11.5 Å². The first-order chi connectivity index (χ1) is 17.7. The van der Waals surface area contributed by atoms with Gasteiger partial charge in [0.05, 0.1) is 39.6 Å². The SMILES string of the molecule is COc1cccc2c1C[C@@H]1OCCN(CC3CC3)[C@H]1C2.COc1cccc2c1C[C@@H]1OCCN[C@H]1C2.Cl. The molecule has 0 unspecified atom stereocenters. The van der Waals surface area contributed by atoms with Crippen molar-refractivity contribution in [1.29, 1.82) is 0 Å². The summed E-state index contributed by atoms with van der Waals surface area (Å²) in [5, 5.41) is 3.53. The van der Waals surface area contributed by atoms with E-state index in [0.29, 0.717) is 24.3 Å². The van der Waals surface area contributed by atoms with E-state index in [0.717, 1.165) is 69.4 Å². The number of fused-ring (bicyclic) bond motifs is 4. The van der Waals surface area contributed by atoms with Crippen LogP contribution in [-0.4, -0.2) is 76.3 Å². The molecule has 0 radical (unpaired) electrons. The number of methoxy groups -OCH3 is 2. The third-order valence-electron chi connectivity index (χ3n) is 8.67. The topological polar surface area (TPSA) is 52.2 Å². The van der Waals surface area contributed by atoms with E-state index in [1.807, 2.05) is 6.07 Å². The van der Waals surface area contributed by atoms with E-state index >= 15 is 0 Å². The minimum atomic E-state index is 0. The highest BCUT2D eigenvalue weighted by Gasteiger charge is 2.39. The number of rotatable bonds is 4. The van der Waals surface area contributed by atoms with Gasteiger partial charge in [0.2, 0.25) is 0 Å². The number of hydrogen-bond acceptors (Lipinski definition) is 6. The van der Waals surface area contributed by atoms with Gasteiger partial charge in [-0.05, 0) is 66.0 Å². The molecule has 37 heavy (non-hydrogen) atoms. The monoisotopic (exact) mass is 528 g/mol. The normalized spacial score (nSPS) is 28.2. The lowest BCUT2D eigenvalue weighted by Gasteiger charge is -2.44. The van der Waals surface area contributed by atoms with Crippen LogP contribution in [0.15, 0.2) is 36.4 Å². The van der Waals surface area contributed by atoms with Gasteiger partial charge in [0.1, 0.15) is 11.5 Å². The van der Waals surface area contributed by atoms with Gasteiger partial charge in [-0.1, -0.05) is 24.3 Å². The zero-order valence-corrected chi connectivity index (χ0v) is 22.9. The molecule has 1 saturated carbocycles. The third kappa shape index (κ3) is 5.79. The van der Waals surface area contributed by atoms with Gasteiger partial charge in [-0.2, -0.15) is 0 Å². The molecule has 3 aliphatic carbocycles. The van der Waals surface area contributed by atoms with Gasteiger partial charge >= 0.3 is 0 Å². The average Bonchev–Trinajstić information content (AvgIpc) is 3.75. The molecule has 6 nitrogen and oxygen atoms in total. The maximum atomic E-state index is 6.07. The third-order valence-corrected chi connectivity index (χ3v) is 8.67. The first-order valence-corrected chi connectivity index (χ1v) is 13.7. The van der Waals surface area contributed by atoms with Crippen molar-refractivity contribution < 1.29 is 18.9 Å². The van der Waals surface area contributed by atoms with Crippen LogP contribution < -0.4 is 14.8 Å². The molecule has 4 atom stereocenters. The Bertz CT molecular complexity index is 1060. The fourth-order valence-electron chi connectivity index (χ4n) is 6.57. The Morgan fingerprint density at radius 1 is 0.838 bits per heavy atom. The molecule has 1 N–H and O–H groups in total. The molecule has 7 heteroatoms. The molecule has 2 aliphatic heterocycles. The van der Waals surface area contributed by atoms with Crippen molar-refractivity contribution in [3.8, 4) is 11.5 Å². The smallest absolute Gasteiger partial charge is 0.122 e. The maximum absolute atomic E-state index is 6.07. The highest BCUT2D eigenvalue weighted by atomic mass is 35.5. The van der Waals surface area contributed by atoms with Crippen LogP contribution in [0.1, 0.15) is 35.1 Å². The van der Waals surface area contributed by atoms with Crippen molar-refractivity contribution in [3.05, 3.63) is 58.7 Å². The zero-order chi connectivity index (χ0) is 24.5. The Morgan fingerprint density at radius 3 is 2.16 bits per heavy atom. The minimum absolute atomic E-state index is 0. The van der Waals surface area contributed by atoms with Crippen molar-refractivity contribution in [1.82, 2.24) is 10.2 Å². The number of halogens is 1. The molecule has 2 heterocycles. The predicted octanol–water partition coefficient (Wildman–Crippen LogP) is 3.85. The van der Waals surface area contributed by atoms with Crippen LogP contribution in [0.25, 0.3) is 0 Å². The van der Waals surface area contributed by atoms with E-state index in [1.165, 1.54) is 41.6 Å². The largest absolute Gasteiger partial charge is 0.496 e. The molecule has 0 aromatic heterocycles. The van der Waals surface area contributed by atoms with Crippen LogP contribution in [-0.2, 0) is 35.2 Å². The van der Waals surface area contributed by atoms with E-state index in [-0.39, 0.29) is 12.4 Å². The number of morpholine rings is 2. The second-order valence-electron chi connectivity index (χ2n) is 10.9. The first kappa shape index (κ1) is 26.8. The Labute approximate surface area is 227 Å². The average molecular weight is 529 g/mol. The van der Waals surface area contributed by atoms with Crippen molar-refractivity contribution in [2.24, 2.45) is 5.92 Å². The lowest BCUT2D eigenvalue weighted by Crippen LogP contribution is -2.55. The van der Waals surface area contributed by atoms with Crippen molar-refractivity contribution in [2.75, 3.05) is 47.1 Å². The molecule has 0 spiro atoms. The summed E-state index contributed by atoms with van der Waals surface area (Å²) >= 11 is 0. The summed E-state index contributed by atoms with van der Waals surface area (Å²) in [6, 6.07) is 13.8. The molecule has 0 amide bonds. The Kier molecular flexibility index (Phi) is 8.62. The Balaban J connectivity index is 0.000000151. The maximum Gasteiger partial charge on any atom is 0.122 e. The van der Waals surface area contributed by atoms with Crippen molar-refractivity contribution >= 4 is 12.4 Å². The Morgan fingerprint density at radius 2 is 1.49 bits per heavy atom. The minimum Gasteiger partial charge on any atom is -0.496 e. The summed E-state index contributed by atoms with van der Waals surface area (Å²) in [6.45, 7) is 5.07. The van der Waals surface area contributed by atoms with Gasteiger partial charge in [0, 0.05) is 44.6 Å². The van der Waals surface area contributed by atoms with Gasteiger partial charge in [-0.25, -0.2) is 0 Å². The fourth-order valence-corrected chi connectivity index (χ4v) is 6.57. The molecular formula is C30H41ClN2O4. The summed E-state index contributed by atoms with van der Waals surface area (Å²) < 4.78 is 22.8. The summed E-state index contributed by atoms with van der Waals surface area (Å²) in [5.74, 6) is 2.99. The molecule has 202 valence electrons. The standard InChI is InChI=1S/C17H23NO2.C13H17NO2.ClH/c1-19-16-4-2-3-13-9-15-17(10-14(13)16)20-8-7-18(15)11-12-5-6-12;1-15-12-4-2-3-9-7-11-13(8-10(9)12)16-6-5-14-11;/h2-4,12,15,17H,5-11H2,1H3;2-4,11,13-14H,5-8H2,1H3;1H/t15-,17-;11-,13-;/m00./s1. The molecule has 2 aromatic carbocycles. The van der Waals surface area contributed by atoms with Gasteiger partial charge < -0.3 is 24.3 Å². The van der Waals surface area contributed by atoms with Gasteiger partial charge in [0.15, 0.2) is 0 Å².